The molecule has 30 heavy (non-hydrogen) atoms. The van der Waals surface area contributed by atoms with Crippen LogP contribution in [-0.2, 0) is 26.0 Å². The number of sulfonamides is 1. The molecular weight excluding hydrogens is 402 g/mol. The van der Waals surface area contributed by atoms with Gasteiger partial charge in [0, 0.05) is 37.2 Å². The first-order valence-corrected chi connectivity index (χ1v) is 12.7. The zero-order chi connectivity index (χ0) is 21.1. The van der Waals surface area contributed by atoms with Crippen molar-refractivity contribution in [1.29, 1.82) is 0 Å². The number of nitrogens with zero attached hydrogens (tertiary/aromatic N) is 1. The maximum absolute atomic E-state index is 12.7. The third-order valence-corrected chi connectivity index (χ3v) is 7.77. The highest BCUT2D eigenvalue weighted by molar-refractivity contribution is 7.89. The van der Waals surface area contributed by atoms with Gasteiger partial charge in [-0.2, -0.15) is 0 Å². The van der Waals surface area contributed by atoms with Crippen LogP contribution in [0.5, 0.6) is 0 Å². The second-order valence-electron chi connectivity index (χ2n) is 8.71. The van der Waals surface area contributed by atoms with Crippen LogP contribution in [0.2, 0.25) is 0 Å². The highest BCUT2D eigenvalue weighted by atomic mass is 32.2. The van der Waals surface area contributed by atoms with E-state index in [4.69, 9.17) is 0 Å². The number of rotatable bonds is 7. The summed E-state index contributed by atoms with van der Waals surface area (Å²) >= 11 is 0. The van der Waals surface area contributed by atoms with Crippen LogP contribution in [0.1, 0.15) is 63.4 Å². The van der Waals surface area contributed by atoms with Crippen LogP contribution < -0.4 is 14.9 Å². The van der Waals surface area contributed by atoms with Crippen molar-refractivity contribution in [3.05, 3.63) is 23.8 Å². The molecule has 7 nitrogen and oxygen atoms in total. The van der Waals surface area contributed by atoms with Crippen molar-refractivity contribution >= 4 is 27.5 Å². The van der Waals surface area contributed by atoms with Crippen LogP contribution in [0.25, 0.3) is 0 Å². The summed E-state index contributed by atoms with van der Waals surface area (Å²) in [6.45, 7) is 0.688. The summed E-state index contributed by atoms with van der Waals surface area (Å²) in [5.41, 5.74) is 1.71. The number of hydrogen-bond donors (Lipinski definition) is 2. The van der Waals surface area contributed by atoms with Gasteiger partial charge in [0.15, 0.2) is 0 Å². The molecule has 1 aromatic rings. The van der Waals surface area contributed by atoms with Crippen LogP contribution >= 0.6 is 0 Å². The van der Waals surface area contributed by atoms with E-state index in [2.05, 4.69) is 10.0 Å². The molecule has 0 spiro atoms. The highest BCUT2D eigenvalue weighted by Gasteiger charge is 2.36. The Balaban J connectivity index is 1.30. The average molecular weight is 434 g/mol. The molecule has 1 aromatic carbocycles. The molecule has 0 atom stereocenters. The number of carbonyl (C=O) groups excluding carboxylic acids is 2. The normalized spacial score (nSPS) is 19.9. The van der Waals surface area contributed by atoms with Crippen molar-refractivity contribution in [2.24, 2.45) is 5.92 Å². The molecule has 2 fully saturated rings. The van der Waals surface area contributed by atoms with E-state index in [1.807, 2.05) is 0 Å². The number of benzene rings is 1. The van der Waals surface area contributed by atoms with Crippen LogP contribution in [0, 0.1) is 5.92 Å². The van der Waals surface area contributed by atoms with E-state index in [-0.39, 0.29) is 41.6 Å². The van der Waals surface area contributed by atoms with Gasteiger partial charge in [0.25, 0.3) is 0 Å². The van der Waals surface area contributed by atoms with Gasteiger partial charge in [-0.3, -0.25) is 9.59 Å². The lowest BCUT2D eigenvalue weighted by Crippen LogP contribution is -2.36. The monoisotopic (exact) mass is 433 g/mol. The largest absolute Gasteiger partial charge is 0.353 e. The number of amides is 2. The Bertz CT molecular complexity index is 903. The molecule has 0 saturated heterocycles. The number of hydrogen-bond acceptors (Lipinski definition) is 4. The molecular formula is C22H31N3O4S. The number of carbonyl (C=O) groups is 2. The maximum Gasteiger partial charge on any atom is 0.240 e. The molecule has 2 saturated carbocycles. The third-order valence-electron chi connectivity index (χ3n) is 6.31. The first-order chi connectivity index (χ1) is 14.4. The predicted molar refractivity (Wildman–Crippen MR) is 115 cm³/mol. The van der Waals surface area contributed by atoms with Crippen LogP contribution in [0.3, 0.4) is 0 Å². The molecule has 1 heterocycles. The lowest BCUT2D eigenvalue weighted by molar-refractivity contribution is -0.122. The van der Waals surface area contributed by atoms with Gasteiger partial charge >= 0.3 is 0 Å². The summed E-state index contributed by atoms with van der Waals surface area (Å²) in [6.07, 6.45) is 9.44. The first kappa shape index (κ1) is 21.3. The minimum Gasteiger partial charge on any atom is -0.353 e. The zero-order valence-electron chi connectivity index (χ0n) is 17.4. The summed E-state index contributed by atoms with van der Waals surface area (Å²) in [4.78, 5) is 26.5. The number of fused-ring (bicyclic) bond motifs is 1. The van der Waals surface area contributed by atoms with Crippen LogP contribution in [0.15, 0.2) is 23.1 Å². The zero-order valence-corrected chi connectivity index (χ0v) is 18.2. The molecule has 2 aliphatic carbocycles. The van der Waals surface area contributed by atoms with E-state index < -0.39 is 10.0 Å². The lowest BCUT2D eigenvalue weighted by Gasteiger charge is -2.17. The third kappa shape index (κ3) is 5.03. The van der Waals surface area contributed by atoms with Gasteiger partial charge in [0.05, 0.1) is 4.90 Å². The quantitative estimate of drug-likeness (QED) is 0.646. The molecule has 2 N–H and O–H groups in total. The Hall–Kier alpha value is -1.93. The molecule has 2 amide bonds. The van der Waals surface area contributed by atoms with E-state index >= 15 is 0 Å². The Kier molecular flexibility index (Phi) is 6.43. The van der Waals surface area contributed by atoms with E-state index in [1.54, 1.807) is 23.1 Å². The van der Waals surface area contributed by atoms with Gasteiger partial charge in [-0.1, -0.05) is 25.7 Å². The lowest BCUT2D eigenvalue weighted by atomic mass is 10.1. The average Bonchev–Trinajstić information content (AvgIpc) is 3.51. The molecule has 164 valence electrons. The molecule has 0 aromatic heterocycles. The fraction of sp³-hybridized carbons (Fsp3) is 0.636. The second kappa shape index (κ2) is 9.06. The van der Waals surface area contributed by atoms with Gasteiger partial charge in [-0.15, -0.1) is 0 Å². The smallest absolute Gasteiger partial charge is 0.240 e. The molecule has 0 radical (unpaired) electrons. The van der Waals surface area contributed by atoms with E-state index in [0.29, 0.717) is 13.0 Å². The van der Waals surface area contributed by atoms with Gasteiger partial charge in [-0.25, -0.2) is 13.1 Å². The Labute approximate surface area is 178 Å². The van der Waals surface area contributed by atoms with Gasteiger partial charge in [0.2, 0.25) is 21.8 Å². The van der Waals surface area contributed by atoms with Crippen molar-refractivity contribution in [1.82, 2.24) is 10.0 Å². The molecule has 1 aliphatic heterocycles. The molecule has 8 heteroatoms. The molecule has 0 unspecified atom stereocenters. The summed E-state index contributed by atoms with van der Waals surface area (Å²) in [5, 5.41) is 3.04. The summed E-state index contributed by atoms with van der Waals surface area (Å²) in [7, 11) is -3.69. The number of nitrogens with one attached hydrogen (secondary N) is 2. The first-order valence-electron chi connectivity index (χ1n) is 11.2. The van der Waals surface area contributed by atoms with Gasteiger partial charge < -0.3 is 10.2 Å². The Morgan fingerprint density at radius 2 is 1.77 bits per heavy atom. The van der Waals surface area contributed by atoms with Crippen molar-refractivity contribution in [3.63, 3.8) is 0 Å². The summed E-state index contributed by atoms with van der Waals surface area (Å²) in [6, 6.07) is 5.15. The van der Waals surface area contributed by atoms with Gasteiger partial charge in [0.1, 0.15) is 0 Å². The van der Waals surface area contributed by atoms with E-state index in [9.17, 15) is 18.0 Å². The van der Waals surface area contributed by atoms with Crippen molar-refractivity contribution in [2.75, 3.05) is 18.0 Å². The minimum atomic E-state index is -3.69. The summed E-state index contributed by atoms with van der Waals surface area (Å²) in [5.74, 6) is 0.195. The SMILES string of the molecule is O=C(CCNS(=O)(=O)c1ccc2c(c1)CCN2C(=O)C1CC1)NC1CCCCCC1. The van der Waals surface area contributed by atoms with Crippen LogP contribution in [0.4, 0.5) is 5.69 Å². The fourth-order valence-corrected chi connectivity index (χ4v) is 5.51. The van der Waals surface area contributed by atoms with E-state index in [0.717, 1.165) is 49.8 Å². The fourth-order valence-electron chi connectivity index (χ4n) is 4.43. The highest BCUT2D eigenvalue weighted by Crippen LogP contribution is 2.37. The number of anilines is 1. The van der Waals surface area contributed by atoms with Crippen molar-refractivity contribution < 1.29 is 18.0 Å². The standard InChI is InChI=1S/C22H31N3O4S/c26-21(24-18-5-3-1-2-4-6-18)11-13-23-30(28,29)19-9-10-20-17(15-19)12-14-25(20)22(27)16-7-8-16/h9-10,15-16,18,23H,1-8,11-14H2,(H,24,26). The second-order valence-corrected chi connectivity index (χ2v) is 10.5. The molecule has 3 aliphatic rings. The van der Waals surface area contributed by atoms with Crippen LogP contribution in [-0.4, -0.2) is 39.4 Å². The van der Waals surface area contributed by atoms with Crippen molar-refractivity contribution in [3.8, 4) is 0 Å². The Morgan fingerprint density at radius 3 is 2.47 bits per heavy atom. The molecule has 0 bridgehead atoms. The minimum absolute atomic E-state index is 0.0737. The topological polar surface area (TPSA) is 95.6 Å². The Morgan fingerprint density at radius 1 is 1.03 bits per heavy atom. The van der Waals surface area contributed by atoms with Crippen molar-refractivity contribution in [2.45, 2.75) is 75.1 Å². The van der Waals surface area contributed by atoms with E-state index in [1.165, 1.54) is 12.8 Å². The predicted octanol–water partition coefficient (Wildman–Crippen LogP) is 2.49. The maximum atomic E-state index is 12.7. The molecule has 4 rings (SSSR count). The summed E-state index contributed by atoms with van der Waals surface area (Å²) < 4.78 is 27.9. The van der Waals surface area contributed by atoms with Gasteiger partial charge in [-0.05, 0) is 55.9 Å².